The summed E-state index contributed by atoms with van der Waals surface area (Å²) in [6.07, 6.45) is -5.08. The van der Waals surface area contributed by atoms with Crippen molar-refractivity contribution in [2.24, 2.45) is 0 Å². The van der Waals surface area contributed by atoms with Gasteiger partial charge in [0.05, 0.1) is 3.79 Å². The largest absolute Gasteiger partial charge is 0.463 e. The molecule has 2 heterocycles. The molecule has 0 N–H and O–H groups in total. The van der Waals surface area contributed by atoms with Gasteiger partial charge in [-0.2, -0.15) is 0 Å². The number of hydrogen-bond donors (Lipinski definition) is 0. The molecule has 0 bridgehead atoms. The van der Waals surface area contributed by atoms with E-state index in [-0.39, 0.29) is 6.61 Å². The first-order chi connectivity index (χ1) is 17.4. The monoisotopic (exact) mass is 616 g/mol. The molecule has 5 atom stereocenters. The van der Waals surface area contributed by atoms with E-state index in [0.29, 0.717) is 17.0 Å². The van der Waals surface area contributed by atoms with Crippen molar-refractivity contribution >= 4 is 62.7 Å². The molecule has 1 aromatic heterocycles. The molecule has 0 saturated carbocycles. The third-order valence-corrected chi connectivity index (χ3v) is 7.38. The van der Waals surface area contributed by atoms with Gasteiger partial charge in [0.25, 0.3) is 0 Å². The van der Waals surface area contributed by atoms with Crippen molar-refractivity contribution in [2.75, 3.05) is 6.61 Å². The molecular weight excluding hydrogens is 592 g/mol. The van der Waals surface area contributed by atoms with Crippen molar-refractivity contribution in [2.45, 2.75) is 64.6 Å². The summed E-state index contributed by atoms with van der Waals surface area (Å²) in [7, 11) is 0. The number of hydrogen-bond acceptors (Lipinski definition) is 10. The molecule has 1 aromatic carbocycles. The van der Waals surface area contributed by atoms with E-state index in [2.05, 4.69) is 15.9 Å². The van der Waals surface area contributed by atoms with Crippen LogP contribution in [0.5, 0.6) is 0 Å². The van der Waals surface area contributed by atoms with Crippen LogP contribution in [0.1, 0.15) is 49.8 Å². The fraction of sp³-hybridized carbons (Fsp3) is 0.440. The quantitative estimate of drug-likeness (QED) is 0.311. The summed E-state index contributed by atoms with van der Waals surface area (Å²) in [4.78, 5) is 48.6. The molecule has 3 rings (SSSR count). The van der Waals surface area contributed by atoms with Crippen LogP contribution in [0.2, 0.25) is 5.02 Å². The summed E-state index contributed by atoms with van der Waals surface area (Å²) in [6.45, 7) is 4.49. The van der Waals surface area contributed by atoms with E-state index in [0.717, 1.165) is 14.2 Å². The lowest BCUT2D eigenvalue weighted by atomic mass is 9.89. The summed E-state index contributed by atoms with van der Waals surface area (Å²) < 4.78 is 28.9. The van der Waals surface area contributed by atoms with Crippen LogP contribution in [0.3, 0.4) is 0 Å². The third kappa shape index (κ3) is 8.00. The number of carbonyl (C=O) groups excluding carboxylic acids is 4. The van der Waals surface area contributed by atoms with Gasteiger partial charge in [-0.3, -0.25) is 19.2 Å². The number of esters is 4. The summed E-state index contributed by atoms with van der Waals surface area (Å²) in [5.41, 5.74) is 1.37. The van der Waals surface area contributed by atoms with E-state index in [9.17, 15) is 19.2 Å². The highest BCUT2D eigenvalue weighted by atomic mass is 79.9. The average molecular weight is 618 g/mol. The Labute approximate surface area is 231 Å². The summed E-state index contributed by atoms with van der Waals surface area (Å²) in [5, 5.41) is 0.527. The molecule has 9 nitrogen and oxygen atoms in total. The van der Waals surface area contributed by atoms with Gasteiger partial charge >= 0.3 is 23.9 Å². The predicted molar refractivity (Wildman–Crippen MR) is 137 cm³/mol. The molecular formula is C25H26BrClO9S. The Balaban J connectivity index is 2.06. The van der Waals surface area contributed by atoms with Crippen LogP contribution in [0, 0.1) is 0 Å². The minimum absolute atomic E-state index is 0.294. The maximum Gasteiger partial charge on any atom is 0.303 e. The van der Waals surface area contributed by atoms with Crippen LogP contribution >= 0.6 is 38.9 Å². The molecule has 1 saturated heterocycles. The Morgan fingerprint density at radius 3 is 2.08 bits per heavy atom. The fourth-order valence-corrected chi connectivity index (χ4v) is 5.73. The second-order valence-electron chi connectivity index (χ2n) is 8.35. The summed E-state index contributed by atoms with van der Waals surface area (Å²) >= 11 is 11.5. The number of carbonyl (C=O) groups is 4. The molecule has 0 amide bonds. The van der Waals surface area contributed by atoms with Crippen molar-refractivity contribution in [3.8, 4) is 0 Å². The second kappa shape index (κ2) is 12.9. The van der Waals surface area contributed by atoms with Crippen molar-refractivity contribution < 1.29 is 42.9 Å². The minimum Gasteiger partial charge on any atom is -0.463 e. The van der Waals surface area contributed by atoms with E-state index < -0.39 is 54.4 Å². The van der Waals surface area contributed by atoms with E-state index >= 15 is 0 Å². The zero-order valence-corrected chi connectivity index (χ0v) is 23.7. The third-order valence-electron chi connectivity index (χ3n) is 5.38. The molecule has 1 aliphatic heterocycles. The van der Waals surface area contributed by atoms with Gasteiger partial charge in [-0.1, -0.05) is 23.7 Å². The SMILES string of the molecule is CC(=O)OC[C@H]1OC(c2ccc(Cl)c(Cc3ccc(Br)s3)c2)[C@H](OC(C)=O)[C@@H](OC(C)=O)[C@@H]1OC(C)=O. The van der Waals surface area contributed by atoms with Gasteiger partial charge in [0.2, 0.25) is 0 Å². The molecule has 1 aliphatic rings. The maximum absolute atomic E-state index is 12.1. The van der Waals surface area contributed by atoms with Crippen LogP contribution in [0.25, 0.3) is 0 Å². The Bertz CT molecular complexity index is 1170. The van der Waals surface area contributed by atoms with Gasteiger partial charge in [0.15, 0.2) is 18.3 Å². The maximum atomic E-state index is 12.1. The first-order valence-electron chi connectivity index (χ1n) is 11.3. The van der Waals surface area contributed by atoms with Crippen LogP contribution in [0.4, 0.5) is 0 Å². The van der Waals surface area contributed by atoms with Gasteiger partial charge in [-0.15, -0.1) is 11.3 Å². The molecule has 37 heavy (non-hydrogen) atoms. The smallest absolute Gasteiger partial charge is 0.303 e. The lowest BCUT2D eigenvalue weighted by Gasteiger charge is -2.44. The van der Waals surface area contributed by atoms with Crippen LogP contribution in [0.15, 0.2) is 34.1 Å². The molecule has 1 unspecified atom stereocenters. The molecule has 1 fully saturated rings. The Kier molecular flexibility index (Phi) is 10.1. The zero-order chi connectivity index (χ0) is 27.3. The molecule has 200 valence electrons. The molecule has 0 radical (unpaired) electrons. The Morgan fingerprint density at radius 2 is 1.51 bits per heavy atom. The van der Waals surface area contributed by atoms with E-state index in [1.54, 1.807) is 23.5 Å². The molecule has 0 spiro atoms. The minimum atomic E-state index is -1.24. The highest BCUT2D eigenvalue weighted by molar-refractivity contribution is 9.11. The van der Waals surface area contributed by atoms with Gasteiger partial charge in [-0.05, 0) is 45.3 Å². The lowest BCUT2D eigenvalue weighted by molar-refractivity contribution is -0.254. The first-order valence-corrected chi connectivity index (χ1v) is 13.3. The zero-order valence-electron chi connectivity index (χ0n) is 20.5. The van der Waals surface area contributed by atoms with Crippen LogP contribution in [-0.2, 0) is 49.3 Å². The number of halogens is 2. The van der Waals surface area contributed by atoms with Crippen LogP contribution < -0.4 is 0 Å². The van der Waals surface area contributed by atoms with Gasteiger partial charge in [0.1, 0.15) is 18.8 Å². The first kappa shape index (κ1) is 29.1. The van der Waals surface area contributed by atoms with Gasteiger partial charge in [-0.25, -0.2) is 0 Å². The summed E-state index contributed by atoms with van der Waals surface area (Å²) in [5.74, 6) is -2.61. The van der Waals surface area contributed by atoms with Crippen LogP contribution in [-0.4, -0.2) is 54.9 Å². The van der Waals surface area contributed by atoms with Crippen molar-refractivity contribution in [3.05, 3.63) is 55.1 Å². The normalized spacial score (nSPS) is 23.1. The second-order valence-corrected chi connectivity index (χ2v) is 11.3. The van der Waals surface area contributed by atoms with Crippen molar-refractivity contribution in [3.63, 3.8) is 0 Å². The van der Waals surface area contributed by atoms with Crippen molar-refractivity contribution in [1.82, 2.24) is 0 Å². The predicted octanol–water partition coefficient (Wildman–Crippen LogP) is 4.55. The van der Waals surface area contributed by atoms with Gasteiger partial charge < -0.3 is 23.7 Å². The highest BCUT2D eigenvalue weighted by Crippen LogP contribution is 2.39. The van der Waals surface area contributed by atoms with E-state index in [1.165, 1.54) is 27.7 Å². The van der Waals surface area contributed by atoms with E-state index in [1.807, 2.05) is 18.2 Å². The average Bonchev–Trinajstić information content (AvgIpc) is 3.20. The molecule has 12 heteroatoms. The molecule has 2 aromatic rings. The summed E-state index contributed by atoms with van der Waals surface area (Å²) in [6, 6.07) is 9.14. The highest BCUT2D eigenvalue weighted by Gasteiger charge is 2.52. The molecule has 0 aliphatic carbocycles. The van der Waals surface area contributed by atoms with Crippen molar-refractivity contribution in [1.29, 1.82) is 0 Å². The fourth-order valence-electron chi connectivity index (χ4n) is 4.04. The van der Waals surface area contributed by atoms with E-state index in [4.69, 9.17) is 35.3 Å². The Morgan fingerprint density at radius 1 is 0.892 bits per heavy atom. The number of thiophene rings is 1. The Hall–Kier alpha value is -2.47. The van der Waals surface area contributed by atoms with Gasteiger partial charge in [0, 0.05) is 44.0 Å². The number of benzene rings is 1. The number of ether oxygens (including phenoxy) is 5. The number of rotatable bonds is 8. The standard InChI is InChI=1S/C25H26BrClO9S/c1-12(28)32-11-20-23(33-13(2)29)25(35-15(4)31)24(34-14(3)30)22(36-20)16-5-7-19(27)17(9-16)10-18-6-8-21(26)37-18/h5-9,20,22-25H,10-11H2,1-4H3/t20-,22?,23-,24+,25+/m1/s1. The topological polar surface area (TPSA) is 114 Å². The lowest BCUT2D eigenvalue weighted by Crippen LogP contribution is -2.59.